The van der Waals surface area contributed by atoms with Crippen LogP contribution in [0.3, 0.4) is 0 Å². The van der Waals surface area contributed by atoms with Crippen molar-refractivity contribution in [2.75, 3.05) is 13.1 Å². The van der Waals surface area contributed by atoms with Crippen LogP contribution in [0.5, 0.6) is 0 Å². The standard InChI is InChI=1S/C18H23N3S2/c22-18(19-13-17-7-4-12-23-17)20-16-8-10-21(11-9-16)14-15-5-2-1-3-6-15/h1-7,12,16H,8-11,13-14H2,(H2,19,20,22). The van der Waals surface area contributed by atoms with E-state index in [1.165, 1.54) is 10.4 Å². The number of benzene rings is 1. The Kier molecular flexibility index (Phi) is 6.02. The van der Waals surface area contributed by atoms with E-state index in [0.29, 0.717) is 6.04 Å². The van der Waals surface area contributed by atoms with Crippen molar-refractivity contribution in [2.45, 2.75) is 32.0 Å². The second-order valence-corrected chi connectivity index (χ2v) is 7.38. The van der Waals surface area contributed by atoms with E-state index in [1.54, 1.807) is 11.3 Å². The Morgan fingerprint density at radius 2 is 1.91 bits per heavy atom. The molecule has 1 aromatic carbocycles. The third-order valence-electron chi connectivity index (χ3n) is 4.18. The number of piperidine rings is 1. The maximum Gasteiger partial charge on any atom is 0.166 e. The molecule has 1 fully saturated rings. The molecule has 0 spiro atoms. The van der Waals surface area contributed by atoms with Crippen LogP contribution in [0.1, 0.15) is 23.3 Å². The molecular weight excluding hydrogens is 322 g/mol. The molecule has 3 rings (SSSR count). The molecule has 0 saturated carbocycles. The van der Waals surface area contributed by atoms with Crippen LogP contribution in [0.15, 0.2) is 47.8 Å². The summed E-state index contributed by atoms with van der Waals surface area (Å²) in [6.45, 7) is 4.12. The first-order valence-corrected chi connectivity index (χ1v) is 9.41. The van der Waals surface area contributed by atoms with Gasteiger partial charge in [-0.1, -0.05) is 36.4 Å². The number of hydrogen-bond acceptors (Lipinski definition) is 3. The van der Waals surface area contributed by atoms with Crippen LogP contribution in [-0.2, 0) is 13.1 Å². The summed E-state index contributed by atoms with van der Waals surface area (Å²) in [6, 6.07) is 15.4. The second kappa shape index (κ2) is 8.43. The predicted molar refractivity (Wildman–Crippen MR) is 102 cm³/mol. The van der Waals surface area contributed by atoms with Gasteiger partial charge in [-0.05, 0) is 42.1 Å². The maximum absolute atomic E-state index is 5.41. The Bertz CT molecular complexity index is 590. The molecule has 2 aromatic rings. The van der Waals surface area contributed by atoms with Gasteiger partial charge in [0.05, 0.1) is 6.54 Å². The first kappa shape index (κ1) is 16.4. The van der Waals surface area contributed by atoms with Gasteiger partial charge in [-0.15, -0.1) is 11.3 Å². The van der Waals surface area contributed by atoms with Crippen molar-refractivity contribution in [3.63, 3.8) is 0 Å². The van der Waals surface area contributed by atoms with Crippen LogP contribution in [0.2, 0.25) is 0 Å². The van der Waals surface area contributed by atoms with Gasteiger partial charge in [-0.25, -0.2) is 0 Å². The smallest absolute Gasteiger partial charge is 0.166 e. The minimum Gasteiger partial charge on any atom is -0.360 e. The van der Waals surface area contributed by atoms with E-state index < -0.39 is 0 Å². The number of rotatable bonds is 5. The Labute approximate surface area is 147 Å². The van der Waals surface area contributed by atoms with Gasteiger partial charge in [0.15, 0.2) is 5.11 Å². The summed E-state index contributed by atoms with van der Waals surface area (Å²) in [5.41, 5.74) is 1.40. The fourth-order valence-corrected chi connectivity index (χ4v) is 3.78. The van der Waals surface area contributed by atoms with Crippen molar-refractivity contribution in [1.82, 2.24) is 15.5 Å². The average molecular weight is 346 g/mol. The summed E-state index contributed by atoms with van der Waals surface area (Å²) in [6.07, 6.45) is 2.29. The number of hydrogen-bond donors (Lipinski definition) is 2. The van der Waals surface area contributed by atoms with Gasteiger partial charge in [-0.2, -0.15) is 0 Å². The Morgan fingerprint density at radius 3 is 2.61 bits per heavy atom. The molecule has 1 aliphatic rings. The van der Waals surface area contributed by atoms with Crippen LogP contribution in [0.4, 0.5) is 0 Å². The molecule has 5 heteroatoms. The molecule has 0 radical (unpaired) electrons. The monoisotopic (exact) mass is 345 g/mol. The molecule has 1 aromatic heterocycles. The Morgan fingerprint density at radius 1 is 1.13 bits per heavy atom. The highest BCUT2D eigenvalue weighted by Crippen LogP contribution is 2.14. The molecular formula is C18H23N3S2. The number of nitrogens with zero attached hydrogens (tertiary/aromatic N) is 1. The molecule has 0 aliphatic carbocycles. The highest BCUT2D eigenvalue weighted by molar-refractivity contribution is 7.80. The van der Waals surface area contributed by atoms with Crippen molar-refractivity contribution in [1.29, 1.82) is 0 Å². The van der Waals surface area contributed by atoms with Crippen LogP contribution in [-0.4, -0.2) is 29.1 Å². The highest BCUT2D eigenvalue weighted by Gasteiger charge is 2.19. The first-order chi connectivity index (χ1) is 11.3. The van der Waals surface area contributed by atoms with Crippen LogP contribution >= 0.6 is 23.6 Å². The minimum absolute atomic E-state index is 0.491. The molecule has 0 atom stereocenters. The zero-order valence-corrected chi connectivity index (χ0v) is 14.8. The third-order valence-corrected chi connectivity index (χ3v) is 5.31. The van der Waals surface area contributed by atoms with Crippen molar-refractivity contribution in [2.24, 2.45) is 0 Å². The lowest BCUT2D eigenvalue weighted by atomic mass is 10.0. The SMILES string of the molecule is S=C(NCc1cccs1)NC1CCN(Cc2ccccc2)CC1. The van der Waals surface area contributed by atoms with Crippen molar-refractivity contribution < 1.29 is 0 Å². The average Bonchev–Trinajstić information content (AvgIpc) is 3.09. The van der Waals surface area contributed by atoms with Crippen LogP contribution in [0.25, 0.3) is 0 Å². The van der Waals surface area contributed by atoms with Gasteiger partial charge in [0.25, 0.3) is 0 Å². The molecule has 1 aliphatic heterocycles. The summed E-state index contributed by atoms with van der Waals surface area (Å²) in [7, 11) is 0. The quantitative estimate of drug-likeness (QED) is 0.813. The molecule has 1 saturated heterocycles. The van der Waals surface area contributed by atoms with E-state index in [-0.39, 0.29) is 0 Å². The van der Waals surface area contributed by atoms with Gasteiger partial charge in [-0.3, -0.25) is 4.90 Å². The van der Waals surface area contributed by atoms with Gasteiger partial charge in [0.2, 0.25) is 0 Å². The highest BCUT2D eigenvalue weighted by atomic mass is 32.1. The zero-order chi connectivity index (χ0) is 15.9. The molecule has 0 bridgehead atoms. The van der Waals surface area contributed by atoms with E-state index in [1.807, 2.05) is 0 Å². The molecule has 2 N–H and O–H groups in total. The molecule has 0 amide bonds. The lowest BCUT2D eigenvalue weighted by Gasteiger charge is -2.33. The molecule has 0 unspecified atom stereocenters. The van der Waals surface area contributed by atoms with E-state index in [2.05, 4.69) is 63.4 Å². The van der Waals surface area contributed by atoms with Crippen molar-refractivity contribution in [3.8, 4) is 0 Å². The summed E-state index contributed by atoms with van der Waals surface area (Å²) in [4.78, 5) is 3.84. The fraction of sp³-hybridized carbons (Fsp3) is 0.389. The van der Waals surface area contributed by atoms with E-state index >= 15 is 0 Å². The minimum atomic E-state index is 0.491. The van der Waals surface area contributed by atoms with Crippen molar-refractivity contribution in [3.05, 3.63) is 58.3 Å². The van der Waals surface area contributed by atoms with Gasteiger partial charge in [0, 0.05) is 30.6 Å². The normalized spacial score (nSPS) is 16.2. The number of thiophene rings is 1. The first-order valence-electron chi connectivity index (χ1n) is 8.12. The topological polar surface area (TPSA) is 27.3 Å². The third kappa shape index (κ3) is 5.30. The lowest BCUT2D eigenvalue weighted by Crippen LogP contribution is -2.47. The number of nitrogens with one attached hydrogen (secondary N) is 2. The number of thiocarbonyl (C=S) groups is 1. The predicted octanol–water partition coefficient (Wildman–Crippen LogP) is 3.38. The number of likely N-dealkylation sites (tertiary alicyclic amines) is 1. The molecule has 122 valence electrons. The van der Waals surface area contributed by atoms with Crippen LogP contribution in [0, 0.1) is 0 Å². The molecule has 3 nitrogen and oxygen atoms in total. The van der Waals surface area contributed by atoms with Gasteiger partial charge >= 0.3 is 0 Å². The van der Waals surface area contributed by atoms with Gasteiger partial charge in [0.1, 0.15) is 0 Å². The fourth-order valence-electron chi connectivity index (χ4n) is 2.89. The summed E-state index contributed by atoms with van der Waals surface area (Å²) in [5.74, 6) is 0. The zero-order valence-electron chi connectivity index (χ0n) is 13.2. The van der Waals surface area contributed by atoms with Crippen LogP contribution < -0.4 is 10.6 Å². The van der Waals surface area contributed by atoms with Crippen molar-refractivity contribution >= 4 is 28.7 Å². The maximum atomic E-state index is 5.41. The van der Waals surface area contributed by atoms with Gasteiger partial charge < -0.3 is 10.6 Å². The Balaban J connectivity index is 1.36. The Hall–Kier alpha value is -1.43. The lowest BCUT2D eigenvalue weighted by molar-refractivity contribution is 0.199. The summed E-state index contributed by atoms with van der Waals surface area (Å²) in [5, 5.41) is 9.64. The van der Waals surface area contributed by atoms with E-state index in [9.17, 15) is 0 Å². The molecule has 23 heavy (non-hydrogen) atoms. The summed E-state index contributed by atoms with van der Waals surface area (Å²) >= 11 is 7.17. The van der Waals surface area contributed by atoms with E-state index in [4.69, 9.17) is 12.2 Å². The molecule has 2 heterocycles. The second-order valence-electron chi connectivity index (χ2n) is 5.94. The summed E-state index contributed by atoms with van der Waals surface area (Å²) < 4.78 is 0. The van der Waals surface area contributed by atoms with E-state index in [0.717, 1.165) is 44.1 Å². The largest absolute Gasteiger partial charge is 0.360 e.